The maximum atomic E-state index is 11.5. The van der Waals surface area contributed by atoms with Crippen molar-refractivity contribution in [1.29, 1.82) is 0 Å². The Balaban J connectivity index is 1.60. The van der Waals surface area contributed by atoms with Crippen LogP contribution in [-0.4, -0.2) is 25.0 Å². The molecule has 0 spiro atoms. The minimum absolute atomic E-state index is 0.102. The van der Waals surface area contributed by atoms with Crippen LogP contribution in [0.1, 0.15) is 25.0 Å². The second kappa shape index (κ2) is 5.70. The summed E-state index contributed by atoms with van der Waals surface area (Å²) in [7, 11) is 0. The highest BCUT2D eigenvalue weighted by atomic mass is 16.3. The molecule has 1 saturated heterocycles. The second-order valence-electron chi connectivity index (χ2n) is 4.18. The van der Waals surface area contributed by atoms with E-state index in [0.29, 0.717) is 18.9 Å². The van der Waals surface area contributed by atoms with Gasteiger partial charge in [0.05, 0.1) is 6.26 Å². The molecule has 2 N–H and O–H groups in total. The van der Waals surface area contributed by atoms with Gasteiger partial charge in [-0.2, -0.15) is 0 Å². The van der Waals surface area contributed by atoms with Crippen molar-refractivity contribution >= 4 is 5.91 Å². The fourth-order valence-electron chi connectivity index (χ4n) is 1.95. The van der Waals surface area contributed by atoms with Gasteiger partial charge in [-0.05, 0) is 31.5 Å². The summed E-state index contributed by atoms with van der Waals surface area (Å²) < 4.78 is 5.17. The molecule has 4 nitrogen and oxygen atoms in total. The normalized spacial score (nSPS) is 19.9. The molecule has 0 radical (unpaired) electrons. The lowest BCUT2D eigenvalue weighted by Gasteiger charge is -2.10. The molecule has 0 aliphatic carbocycles. The lowest BCUT2D eigenvalue weighted by atomic mass is 10.2. The predicted molar refractivity (Wildman–Crippen MR) is 61.1 cm³/mol. The zero-order chi connectivity index (χ0) is 11.2. The van der Waals surface area contributed by atoms with E-state index >= 15 is 0 Å². The topological polar surface area (TPSA) is 54.3 Å². The summed E-state index contributed by atoms with van der Waals surface area (Å²) in [5.41, 5.74) is 0. The minimum Gasteiger partial charge on any atom is -0.469 e. The monoisotopic (exact) mass is 222 g/mol. The fraction of sp³-hybridized carbons (Fsp3) is 0.583. The molecule has 2 rings (SSSR count). The Morgan fingerprint density at radius 3 is 3.25 bits per heavy atom. The van der Waals surface area contributed by atoms with Crippen LogP contribution in [0, 0.1) is 0 Å². The maximum absolute atomic E-state index is 11.5. The molecule has 0 bridgehead atoms. The number of hydrogen-bond donors (Lipinski definition) is 2. The molecular formula is C12H18N2O2. The Morgan fingerprint density at radius 1 is 1.62 bits per heavy atom. The van der Waals surface area contributed by atoms with Gasteiger partial charge in [0, 0.05) is 25.4 Å². The van der Waals surface area contributed by atoms with Gasteiger partial charge >= 0.3 is 0 Å². The van der Waals surface area contributed by atoms with Gasteiger partial charge in [0.2, 0.25) is 5.91 Å². The molecule has 88 valence electrons. The fourth-order valence-corrected chi connectivity index (χ4v) is 1.95. The largest absolute Gasteiger partial charge is 0.469 e. The first-order valence-corrected chi connectivity index (χ1v) is 5.87. The van der Waals surface area contributed by atoms with Crippen molar-refractivity contribution in [3.63, 3.8) is 0 Å². The average Bonchev–Trinajstić information content (AvgIpc) is 2.96. The Labute approximate surface area is 95.4 Å². The number of carbonyl (C=O) groups is 1. The smallest absolute Gasteiger partial charge is 0.220 e. The first-order chi connectivity index (χ1) is 7.84. The molecule has 1 fully saturated rings. The van der Waals surface area contributed by atoms with Gasteiger partial charge in [-0.3, -0.25) is 4.79 Å². The summed E-state index contributed by atoms with van der Waals surface area (Å²) >= 11 is 0. The van der Waals surface area contributed by atoms with E-state index in [1.54, 1.807) is 6.26 Å². The highest BCUT2D eigenvalue weighted by Crippen LogP contribution is 2.05. The van der Waals surface area contributed by atoms with Gasteiger partial charge in [0.15, 0.2) is 0 Å². The molecule has 0 aromatic carbocycles. The van der Waals surface area contributed by atoms with E-state index in [1.807, 2.05) is 12.1 Å². The number of carbonyl (C=O) groups excluding carboxylic acids is 1. The van der Waals surface area contributed by atoms with Crippen molar-refractivity contribution in [2.45, 2.75) is 31.7 Å². The molecule has 1 aliphatic heterocycles. The number of aryl methyl sites for hydroxylation is 1. The van der Waals surface area contributed by atoms with E-state index in [1.165, 1.54) is 12.8 Å². The molecule has 0 saturated carbocycles. The second-order valence-corrected chi connectivity index (χ2v) is 4.18. The van der Waals surface area contributed by atoms with Crippen molar-refractivity contribution in [3.8, 4) is 0 Å². The number of amides is 1. The molecule has 1 aromatic heterocycles. The number of furan rings is 1. The zero-order valence-corrected chi connectivity index (χ0v) is 9.37. The summed E-state index contributed by atoms with van der Waals surface area (Å²) in [6.07, 6.45) is 5.19. The Morgan fingerprint density at radius 2 is 2.56 bits per heavy atom. The van der Waals surface area contributed by atoms with Gasteiger partial charge in [-0.25, -0.2) is 0 Å². The van der Waals surface area contributed by atoms with E-state index in [4.69, 9.17) is 4.42 Å². The third kappa shape index (κ3) is 3.38. The average molecular weight is 222 g/mol. The van der Waals surface area contributed by atoms with E-state index in [2.05, 4.69) is 10.6 Å². The van der Waals surface area contributed by atoms with Gasteiger partial charge in [0.25, 0.3) is 0 Å². The molecule has 1 unspecified atom stereocenters. The Bertz CT molecular complexity index is 316. The lowest BCUT2D eigenvalue weighted by Crippen LogP contribution is -2.37. The van der Waals surface area contributed by atoms with E-state index in [-0.39, 0.29) is 5.91 Å². The van der Waals surface area contributed by atoms with E-state index < -0.39 is 0 Å². The minimum atomic E-state index is 0.102. The first-order valence-electron chi connectivity index (χ1n) is 5.87. The predicted octanol–water partition coefficient (Wildman–Crippen LogP) is 1.08. The number of hydrogen-bond acceptors (Lipinski definition) is 3. The molecule has 1 aromatic rings. The number of rotatable bonds is 5. The van der Waals surface area contributed by atoms with Crippen LogP contribution in [0.3, 0.4) is 0 Å². The standard InChI is InChI=1S/C12H18N2O2/c15-12(6-5-11-4-2-8-16-11)14-9-10-3-1-7-13-10/h2,4,8,10,13H,1,3,5-7,9H2,(H,14,15). The summed E-state index contributed by atoms with van der Waals surface area (Å²) in [6, 6.07) is 4.20. The maximum Gasteiger partial charge on any atom is 0.220 e. The van der Waals surface area contributed by atoms with Gasteiger partial charge in [-0.15, -0.1) is 0 Å². The van der Waals surface area contributed by atoms with Crippen LogP contribution in [-0.2, 0) is 11.2 Å². The molecule has 16 heavy (non-hydrogen) atoms. The number of nitrogens with one attached hydrogen (secondary N) is 2. The van der Waals surface area contributed by atoms with Crippen LogP contribution in [0.5, 0.6) is 0 Å². The Hall–Kier alpha value is -1.29. The summed E-state index contributed by atoms with van der Waals surface area (Å²) in [5, 5.41) is 6.29. The van der Waals surface area contributed by atoms with Crippen molar-refractivity contribution in [2.24, 2.45) is 0 Å². The van der Waals surface area contributed by atoms with E-state index in [9.17, 15) is 4.79 Å². The van der Waals surface area contributed by atoms with Crippen LogP contribution < -0.4 is 10.6 Å². The molecule has 1 amide bonds. The summed E-state index contributed by atoms with van der Waals surface area (Å²) in [5.74, 6) is 0.972. The van der Waals surface area contributed by atoms with E-state index in [0.717, 1.165) is 18.8 Å². The quantitative estimate of drug-likeness (QED) is 0.784. The van der Waals surface area contributed by atoms with Crippen LogP contribution >= 0.6 is 0 Å². The van der Waals surface area contributed by atoms with Crippen LogP contribution in [0.15, 0.2) is 22.8 Å². The highest BCUT2D eigenvalue weighted by Gasteiger charge is 2.14. The zero-order valence-electron chi connectivity index (χ0n) is 9.37. The van der Waals surface area contributed by atoms with Crippen molar-refractivity contribution in [1.82, 2.24) is 10.6 Å². The highest BCUT2D eigenvalue weighted by molar-refractivity contribution is 5.76. The molecule has 1 aliphatic rings. The van der Waals surface area contributed by atoms with Gasteiger partial charge < -0.3 is 15.1 Å². The van der Waals surface area contributed by atoms with Crippen LogP contribution in [0.4, 0.5) is 0 Å². The third-order valence-electron chi connectivity index (χ3n) is 2.89. The summed E-state index contributed by atoms with van der Waals surface area (Å²) in [4.78, 5) is 11.5. The SMILES string of the molecule is O=C(CCc1ccco1)NCC1CCCN1. The molecule has 4 heteroatoms. The van der Waals surface area contributed by atoms with Crippen molar-refractivity contribution in [3.05, 3.63) is 24.2 Å². The summed E-state index contributed by atoms with van der Waals surface area (Å²) in [6.45, 7) is 1.82. The van der Waals surface area contributed by atoms with Gasteiger partial charge in [-0.1, -0.05) is 0 Å². The molecule has 1 atom stereocenters. The third-order valence-corrected chi connectivity index (χ3v) is 2.89. The molecule has 2 heterocycles. The Kier molecular flexibility index (Phi) is 3.99. The first kappa shape index (κ1) is 11.2. The van der Waals surface area contributed by atoms with Crippen molar-refractivity contribution in [2.75, 3.05) is 13.1 Å². The van der Waals surface area contributed by atoms with Crippen LogP contribution in [0.25, 0.3) is 0 Å². The molecular weight excluding hydrogens is 204 g/mol. The van der Waals surface area contributed by atoms with Crippen LogP contribution in [0.2, 0.25) is 0 Å². The lowest BCUT2D eigenvalue weighted by molar-refractivity contribution is -0.121. The van der Waals surface area contributed by atoms with Gasteiger partial charge in [0.1, 0.15) is 5.76 Å². The van der Waals surface area contributed by atoms with Crippen molar-refractivity contribution < 1.29 is 9.21 Å².